The first-order valence-corrected chi connectivity index (χ1v) is 8.38. The molecule has 6 nitrogen and oxygen atoms in total. The van der Waals surface area contributed by atoms with Crippen LogP contribution in [-0.4, -0.2) is 27.0 Å². The predicted octanol–water partition coefficient (Wildman–Crippen LogP) is 3.74. The zero-order valence-electron chi connectivity index (χ0n) is 13.5. The Morgan fingerprint density at radius 3 is 2.50 bits per heavy atom. The van der Waals surface area contributed by atoms with Crippen molar-refractivity contribution in [2.75, 3.05) is 5.32 Å². The van der Waals surface area contributed by atoms with E-state index in [1.807, 2.05) is 12.1 Å². The molecule has 3 aromatic rings. The summed E-state index contributed by atoms with van der Waals surface area (Å²) in [6.45, 7) is 0. The lowest BCUT2D eigenvalue weighted by molar-refractivity contribution is -0.116. The van der Waals surface area contributed by atoms with Crippen molar-refractivity contribution in [2.24, 2.45) is 0 Å². The number of carbonyl (C=O) groups excluding carboxylic acids is 2. The lowest BCUT2D eigenvalue weighted by atomic mass is 9.84. The molecule has 1 unspecified atom stereocenters. The summed E-state index contributed by atoms with van der Waals surface area (Å²) in [5.74, 6) is -0.675. The SMILES string of the molecule is O=C1CC(C(=O)c2ccc(O)cc2)c2c(n[nH]c2-c2ccc(Cl)cc2)N1. The highest BCUT2D eigenvalue weighted by Gasteiger charge is 2.35. The summed E-state index contributed by atoms with van der Waals surface area (Å²) in [5.41, 5.74) is 2.58. The molecule has 3 N–H and O–H groups in total. The number of rotatable bonds is 3. The van der Waals surface area contributed by atoms with Gasteiger partial charge >= 0.3 is 0 Å². The van der Waals surface area contributed by atoms with Crippen molar-refractivity contribution >= 4 is 29.1 Å². The molecule has 1 aliphatic rings. The molecule has 4 rings (SSSR count). The van der Waals surface area contributed by atoms with E-state index in [4.69, 9.17) is 11.6 Å². The van der Waals surface area contributed by atoms with Crippen molar-refractivity contribution in [1.29, 1.82) is 0 Å². The molecule has 0 saturated carbocycles. The molecule has 0 spiro atoms. The maximum Gasteiger partial charge on any atom is 0.226 e. The number of anilines is 1. The summed E-state index contributed by atoms with van der Waals surface area (Å²) >= 11 is 5.95. The number of phenolic OH excluding ortho intramolecular Hbond substituents is 1. The fourth-order valence-electron chi connectivity index (χ4n) is 3.14. The molecule has 0 fully saturated rings. The van der Waals surface area contributed by atoms with Gasteiger partial charge in [0, 0.05) is 28.1 Å². The van der Waals surface area contributed by atoms with Gasteiger partial charge in [0.1, 0.15) is 5.75 Å². The van der Waals surface area contributed by atoms with Crippen LogP contribution in [0.2, 0.25) is 5.02 Å². The molecule has 2 heterocycles. The van der Waals surface area contributed by atoms with E-state index in [9.17, 15) is 14.7 Å². The summed E-state index contributed by atoms with van der Waals surface area (Å²) in [5, 5.41) is 19.8. The number of nitrogens with zero attached hydrogens (tertiary/aromatic N) is 1. The number of benzene rings is 2. The summed E-state index contributed by atoms with van der Waals surface area (Å²) in [6, 6.07) is 13.2. The van der Waals surface area contributed by atoms with E-state index in [1.165, 1.54) is 12.1 Å². The number of hydrogen-bond donors (Lipinski definition) is 3. The first kappa shape index (κ1) is 16.4. The van der Waals surface area contributed by atoms with Crippen LogP contribution < -0.4 is 5.32 Å². The number of nitrogens with one attached hydrogen (secondary N) is 2. The van der Waals surface area contributed by atoms with E-state index < -0.39 is 5.92 Å². The highest BCUT2D eigenvalue weighted by atomic mass is 35.5. The lowest BCUT2D eigenvalue weighted by Crippen LogP contribution is -2.27. The Bertz CT molecular complexity index is 994. The quantitative estimate of drug-likeness (QED) is 0.614. The first-order valence-electron chi connectivity index (χ1n) is 8.00. The summed E-state index contributed by atoms with van der Waals surface area (Å²) in [4.78, 5) is 25.1. The van der Waals surface area contributed by atoms with Crippen LogP contribution in [0.4, 0.5) is 5.82 Å². The van der Waals surface area contributed by atoms with Crippen LogP contribution >= 0.6 is 11.6 Å². The number of Topliss-reactive ketones (excluding diaryl/α,β-unsaturated/α-hetero) is 1. The third-order valence-electron chi connectivity index (χ3n) is 4.40. The fourth-order valence-corrected chi connectivity index (χ4v) is 3.27. The third-order valence-corrected chi connectivity index (χ3v) is 4.65. The van der Waals surface area contributed by atoms with Gasteiger partial charge in [0.25, 0.3) is 0 Å². The molecule has 26 heavy (non-hydrogen) atoms. The topological polar surface area (TPSA) is 95.1 Å². The van der Waals surface area contributed by atoms with Gasteiger partial charge in [0.05, 0.1) is 11.6 Å². The number of halogens is 1. The number of ketones is 1. The number of H-pyrrole nitrogens is 1. The standard InChI is InChI=1S/C19H14ClN3O3/c20-12-5-1-10(2-6-12)17-16-14(9-15(25)21-19(16)23-22-17)18(26)11-3-7-13(24)8-4-11/h1-8,14,24H,9H2,(H2,21,22,23,25). The van der Waals surface area contributed by atoms with Crippen LogP contribution in [0.3, 0.4) is 0 Å². The lowest BCUT2D eigenvalue weighted by Gasteiger charge is -2.22. The van der Waals surface area contributed by atoms with Crippen molar-refractivity contribution < 1.29 is 14.7 Å². The normalized spacial score (nSPS) is 16.0. The first-order chi connectivity index (χ1) is 12.5. The Kier molecular flexibility index (Phi) is 3.97. The molecule has 130 valence electrons. The van der Waals surface area contributed by atoms with Gasteiger partial charge < -0.3 is 10.4 Å². The second-order valence-electron chi connectivity index (χ2n) is 6.08. The number of aromatic hydroxyl groups is 1. The van der Waals surface area contributed by atoms with Crippen molar-refractivity contribution in [2.45, 2.75) is 12.3 Å². The van der Waals surface area contributed by atoms with Gasteiger partial charge in [-0.15, -0.1) is 0 Å². The minimum atomic E-state index is -0.660. The van der Waals surface area contributed by atoms with E-state index in [0.717, 1.165) is 5.56 Å². The second-order valence-corrected chi connectivity index (χ2v) is 6.52. The van der Waals surface area contributed by atoms with Crippen LogP contribution in [0.1, 0.15) is 28.3 Å². The fraction of sp³-hybridized carbons (Fsp3) is 0.105. The van der Waals surface area contributed by atoms with Gasteiger partial charge in [0.15, 0.2) is 11.6 Å². The van der Waals surface area contributed by atoms with Crippen molar-refractivity contribution in [3.63, 3.8) is 0 Å². The van der Waals surface area contributed by atoms with Crippen molar-refractivity contribution in [3.05, 3.63) is 64.7 Å². The Hall–Kier alpha value is -3.12. The summed E-state index contributed by atoms with van der Waals surface area (Å²) in [7, 11) is 0. The Morgan fingerprint density at radius 1 is 1.12 bits per heavy atom. The maximum atomic E-state index is 13.0. The van der Waals surface area contributed by atoms with Crippen molar-refractivity contribution in [3.8, 4) is 17.0 Å². The van der Waals surface area contributed by atoms with Gasteiger partial charge in [-0.1, -0.05) is 23.7 Å². The van der Waals surface area contributed by atoms with E-state index in [-0.39, 0.29) is 23.9 Å². The average Bonchev–Trinajstić information content (AvgIpc) is 3.05. The van der Waals surface area contributed by atoms with Gasteiger partial charge in [-0.2, -0.15) is 5.10 Å². The number of amides is 1. The van der Waals surface area contributed by atoms with Gasteiger partial charge in [-0.3, -0.25) is 14.7 Å². The van der Waals surface area contributed by atoms with Crippen LogP contribution in [0.5, 0.6) is 5.75 Å². The minimum Gasteiger partial charge on any atom is -0.508 e. The molecule has 0 aliphatic carbocycles. The monoisotopic (exact) mass is 367 g/mol. The molecule has 1 aromatic heterocycles. The average molecular weight is 368 g/mol. The molecular formula is C19H14ClN3O3. The number of hydrogen-bond acceptors (Lipinski definition) is 4. The number of phenols is 1. The number of aromatic amines is 1. The highest BCUT2D eigenvalue weighted by molar-refractivity contribution is 6.30. The second kappa shape index (κ2) is 6.31. The molecular weight excluding hydrogens is 354 g/mol. The van der Waals surface area contributed by atoms with Crippen molar-refractivity contribution in [1.82, 2.24) is 10.2 Å². The summed E-state index contributed by atoms with van der Waals surface area (Å²) < 4.78 is 0. The van der Waals surface area contributed by atoms with Crippen LogP contribution in [-0.2, 0) is 4.79 Å². The number of fused-ring (bicyclic) bond motifs is 1. The molecule has 1 atom stereocenters. The van der Waals surface area contributed by atoms with E-state index >= 15 is 0 Å². The molecule has 7 heteroatoms. The van der Waals surface area contributed by atoms with Crippen LogP contribution in [0.25, 0.3) is 11.3 Å². The maximum absolute atomic E-state index is 13.0. The molecule has 0 saturated heterocycles. The van der Waals surface area contributed by atoms with Gasteiger partial charge in [0.2, 0.25) is 5.91 Å². The molecule has 1 aliphatic heterocycles. The largest absolute Gasteiger partial charge is 0.508 e. The predicted molar refractivity (Wildman–Crippen MR) is 97.5 cm³/mol. The smallest absolute Gasteiger partial charge is 0.226 e. The van der Waals surface area contributed by atoms with Gasteiger partial charge in [-0.05, 0) is 36.4 Å². The Balaban J connectivity index is 1.80. The third kappa shape index (κ3) is 2.84. The molecule has 0 bridgehead atoms. The van der Waals surface area contributed by atoms with Gasteiger partial charge in [-0.25, -0.2) is 0 Å². The Labute approximate surface area is 153 Å². The van der Waals surface area contributed by atoms with E-state index in [1.54, 1.807) is 24.3 Å². The zero-order chi connectivity index (χ0) is 18.3. The highest BCUT2D eigenvalue weighted by Crippen LogP contribution is 2.40. The Morgan fingerprint density at radius 2 is 1.81 bits per heavy atom. The molecule has 1 amide bonds. The molecule has 2 aromatic carbocycles. The van der Waals surface area contributed by atoms with Crippen LogP contribution in [0.15, 0.2) is 48.5 Å². The summed E-state index contributed by atoms with van der Waals surface area (Å²) in [6.07, 6.45) is 0.0346. The molecule has 0 radical (unpaired) electrons. The number of aromatic nitrogens is 2. The minimum absolute atomic E-state index is 0.0346. The zero-order valence-corrected chi connectivity index (χ0v) is 14.2. The number of carbonyl (C=O) groups is 2. The van der Waals surface area contributed by atoms with Crippen LogP contribution in [0, 0.1) is 0 Å². The van der Waals surface area contributed by atoms with E-state index in [2.05, 4.69) is 15.5 Å². The van der Waals surface area contributed by atoms with E-state index in [0.29, 0.717) is 27.7 Å².